The van der Waals surface area contributed by atoms with Gasteiger partial charge < -0.3 is 9.84 Å². The topological polar surface area (TPSA) is 38.1 Å². The monoisotopic (exact) mass is 192 g/mol. The smallest absolute Gasteiger partial charge is 0.351 e. The van der Waals surface area contributed by atoms with Gasteiger partial charge in [0.1, 0.15) is 5.69 Å². The molecule has 0 aliphatic carbocycles. The van der Waals surface area contributed by atoms with Crippen molar-refractivity contribution in [2.45, 2.75) is 19.1 Å². The number of hydrogen-bond donors (Lipinski definition) is 1. The molecule has 6 heteroatoms. The highest BCUT2D eigenvalue weighted by atomic mass is 19.4. The largest absolute Gasteiger partial charge is 0.452 e. The highest BCUT2D eigenvalue weighted by Crippen LogP contribution is 2.34. The van der Waals surface area contributed by atoms with E-state index in [0.29, 0.717) is 25.2 Å². The van der Waals surface area contributed by atoms with Crippen LogP contribution in [0.2, 0.25) is 0 Å². The summed E-state index contributed by atoms with van der Waals surface area (Å²) in [4.78, 5) is 0. The molecule has 3 nitrogen and oxygen atoms in total. The first-order valence-corrected chi connectivity index (χ1v) is 3.84. The summed E-state index contributed by atoms with van der Waals surface area (Å²) in [7, 11) is 0. The molecular formula is C7H7F3N2O. The molecule has 0 atom stereocenters. The standard InChI is InChI=1S/C7H7F3N2O/c8-7(9,10)6-4-1-2-11-3-5(4)12-13-6/h11H,1-3H2. The fourth-order valence-electron chi connectivity index (χ4n) is 1.38. The van der Waals surface area contributed by atoms with Gasteiger partial charge in [-0.05, 0) is 13.0 Å². The van der Waals surface area contributed by atoms with Gasteiger partial charge >= 0.3 is 6.18 Å². The van der Waals surface area contributed by atoms with Gasteiger partial charge in [-0.15, -0.1) is 0 Å². The van der Waals surface area contributed by atoms with E-state index < -0.39 is 11.9 Å². The molecule has 1 N–H and O–H groups in total. The van der Waals surface area contributed by atoms with E-state index in [0.717, 1.165) is 0 Å². The fraction of sp³-hybridized carbons (Fsp3) is 0.571. The molecule has 0 fully saturated rings. The molecule has 2 rings (SSSR count). The molecule has 72 valence electrons. The van der Waals surface area contributed by atoms with E-state index in [-0.39, 0.29) is 5.56 Å². The zero-order valence-electron chi connectivity index (χ0n) is 6.61. The lowest BCUT2D eigenvalue weighted by molar-refractivity contribution is -0.156. The first kappa shape index (κ1) is 8.55. The van der Waals surface area contributed by atoms with Crippen LogP contribution in [0.25, 0.3) is 0 Å². The molecule has 1 aliphatic heterocycles. The van der Waals surface area contributed by atoms with Crippen molar-refractivity contribution < 1.29 is 17.7 Å². The van der Waals surface area contributed by atoms with Crippen LogP contribution in [0.5, 0.6) is 0 Å². The Hall–Kier alpha value is -1.04. The van der Waals surface area contributed by atoms with Crippen LogP contribution in [-0.4, -0.2) is 11.7 Å². The Morgan fingerprint density at radius 1 is 1.38 bits per heavy atom. The highest BCUT2D eigenvalue weighted by molar-refractivity contribution is 5.27. The molecule has 0 saturated heterocycles. The molecule has 0 amide bonds. The zero-order chi connectivity index (χ0) is 9.47. The second-order valence-electron chi connectivity index (χ2n) is 2.86. The summed E-state index contributed by atoms with van der Waals surface area (Å²) in [6.45, 7) is 0.895. The zero-order valence-corrected chi connectivity index (χ0v) is 6.61. The van der Waals surface area contributed by atoms with Gasteiger partial charge in [-0.3, -0.25) is 0 Å². The molecule has 1 aromatic heterocycles. The second-order valence-corrected chi connectivity index (χ2v) is 2.86. The lowest BCUT2D eigenvalue weighted by atomic mass is 10.1. The van der Waals surface area contributed by atoms with Crippen LogP contribution in [-0.2, 0) is 19.1 Å². The van der Waals surface area contributed by atoms with Crippen LogP contribution in [0.3, 0.4) is 0 Å². The number of rotatable bonds is 0. The molecule has 0 unspecified atom stereocenters. The summed E-state index contributed by atoms with van der Waals surface area (Å²) in [6.07, 6.45) is -4.09. The van der Waals surface area contributed by atoms with Crippen molar-refractivity contribution in [1.29, 1.82) is 0 Å². The summed E-state index contributed by atoms with van der Waals surface area (Å²) in [5, 5.41) is 6.28. The van der Waals surface area contributed by atoms with Crippen molar-refractivity contribution in [3.05, 3.63) is 17.0 Å². The van der Waals surface area contributed by atoms with Crippen LogP contribution in [0, 0.1) is 0 Å². The Morgan fingerprint density at radius 2 is 2.15 bits per heavy atom. The Balaban J connectivity index is 2.43. The van der Waals surface area contributed by atoms with Gasteiger partial charge in [0.2, 0.25) is 5.76 Å². The molecule has 13 heavy (non-hydrogen) atoms. The number of hydrogen-bond acceptors (Lipinski definition) is 3. The van der Waals surface area contributed by atoms with Crippen molar-refractivity contribution >= 4 is 0 Å². The van der Waals surface area contributed by atoms with Gasteiger partial charge in [-0.2, -0.15) is 13.2 Å². The van der Waals surface area contributed by atoms with Crippen LogP contribution < -0.4 is 5.32 Å². The third kappa shape index (κ3) is 1.41. The minimum absolute atomic E-state index is 0.200. The molecule has 1 aromatic rings. The SMILES string of the molecule is FC(F)(F)c1onc2c1CCNC2. The quantitative estimate of drug-likeness (QED) is 0.674. The molecule has 2 heterocycles. The van der Waals surface area contributed by atoms with E-state index in [4.69, 9.17) is 0 Å². The summed E-state index contributed by atoms with van der Waals surface area (Å²) in [6, 6.07) is 0. The average molecular weight is 192 g/mol. The Bertz CT molecular complexity index is 318. The van der Waals surface area contributed by atoms with E-state index >= 15 is 0 Å². The molecule has 1 aliphatic rings. The third-order valence-electron chi connectivity index (χ3n) is 1.97. The van der Waals surface area contributed by atoms with Crippen LogP contribution in [0.1, 0.15) is 17.0 Å². The van der Waals surface area contributed by atoms with E-state index in [9.17, 15) is 13.2 Å². The number of halogens is 3. The molecule has 0 spiro atoms. The maximum absolute atomic E-state index is 12.3. The van der Waals surface area contributed by atoms with Gasteiger partial charge in [0.15, 0.2) is 0 Å². The fourth-order valence-corrected chi connectivity index (χ4v) is 1.38. The number of nitrogens with one attached hydrogen (secondary N) is 1. The second kappa shape index (κ2) is 2.73. The summed E-state index contributed by atoms with van der Waals surface area (Å²) >= 11 is 0. The van der Waals surface area contributed by atoms with Crippen LogP contribution in [0.4, 0.5) is 13.2 Å². The van der Waals surface area contributed by atoms with Crippen molar-refractivity contribution in [3.8, 4) is 0 Å². The van der Waals surface area contributed by atoms with E-state index in [1.165, 1.54) is 0 Å². The lowest BCUT2D eigenvalue weighted by Gasteiger charge is -2.11. The minimum Gasteiger partial charge on any atom is -0.351 e. The summed E-state index contributed by atoms with van der Waals surface area (Å²) < 4.78 is 41.0. The Morgan fingerprint density at radius 3 is 2.85 bits per heavy atom. The van der Waals surface area contributed by atoms with Crippen molar-refractivity contribution in [2.75, 3.05) is 6.54 Å². The molecule has 0 saturated carbocycles. The first-order valence-electron chi connectivity index (χ1n) is 3.84. The van der Waals surface area contributed by atoms with Gasteiger partial charge in [0.25, 0.3) is 0 Å². The van der Waals surface area contributed by atoms with Crippen molar-refractivity contribution in [2.24, 2.45) is 0 Å². The lowest BCUT2D eigenvalue weighted by Crippen LogP contribution is -2.24. The maximum Gasteiger partial charge on any atom is 0.452 e. The number of nitrogens with zero attached hydrogens (tertiary/aromatic N) is 1. The van der Waals surface area contributed by atoms with E-state index in [1.807, 2.05) is 0 Å². The number of fused-ring (bicyclic) bond motifs is 1. The number of aromatic nitrogens is 1. The molecular weight excluding hydrogens is 185 g/mol. The Kier molecular flexibility index (Phi) is 1.80. The van der Waals surface area contributed by atoms with Crippen molar-refractivity contribution in [3.63, 3.8) is 0 Å². The van der Waals surface area contributed by atoms with Gasteiger partial charge in [0, 0.05) is 12.1 Å². The maximum atomic E-state index is 12.3. The highest BCUT2D eigenvalue weighted by Gasteiger charge is 2.40. The Labute approximate surface area is 71.9 Å². The first-order chi connectivity index (χ1) is 6.09. The average Bonchev–Trinajstić information content (AvgIpc) is 2.45. The van der Waals surface area contributed by atoms with Crippen molar-refractivity contribution in [1.82, 2.24) is 10.5 Å². The van der Waals surface area contributed by atoms with E-state index in [1.54, 1.807) is 0 Å². The predicted octanol–water partition coefficient (Wildman–Crippen LogP) is 1.34. The van der Waals surface area contributed by atoms with Gasteiger partial charge in [-0.1, -0.05) is 5.16 Å². The van der Waals surface area contributed by atoms with Crippen LogP contribution in [0.15, 0.2) is 4.52 Å². The van der Waals surface area contributed by atoms with E-state index in [2.05, 4.69) is 15.0 Å². The molecule has 0 bridgehead atoms. The van der Waals surface area contributed by atoms with Gasteiger partial charge in [0.05, 0.1) is 0 Å². The predicted molar refractivity (Wildman–Crippen MR) is 36.9 cm³/mol. The summed E-state index contributed by atoms with van der Waals surface area (Å²) in [5.41, 5.74) is 0.574. The minimum atomic E-state index is -4.42. The number of alkyl halides is 3. The summed E-state index contributed by atoms with van der Waals surface area (Å²) in [5.74, 6) is -0.941. The normalized spacial score (nSPS) is 17.2. The van der Waals surface area contributed by atoms with Crippen LogP contribution >= 0.6 is 0 Å². The molecule has 0 aromatic carbocycles. The third-order valence-corrected chi connectivity index (χ3v) is 1.97. The van der Waals surface area contributed by atoms with Gasteiger partial charge in [-0.25, -0.2) is 0 Å². The molecule has 0 radical (unpaired) electrons.